The maximum atomic E-state index is 14.8. The van der Waals surface area contributed by atoms with Gasteiger partial charge in [-0.25, -0.2) is 0 Å². The second-order valence-electron chi connectivity index (χ2n) is 7.19. The van der Waals surface area contributed by atoms with E-state index in [1.165, 1.54) is 0 Å². The van der Waals surface area contributed by atoms with Crippen molar-refractivity contribution in [1.29, 1.82) is 0 Å². The Morgan fingerprint density at radius 1 is 1.28 bits per heavy atom. The fourth-order valence-corrected chi connectivity index (χ4v) is 3.47. The van der Waals surface area contributed by atoms with Gasteiger partial charge < -0.3 is 4.90 Å². The highest BCUT2D eigenvalue weighted by molar-refractivity contribution is 6.30. The van der Waals surface area contributed by atoms with Crippen LogP contribution in [0.15, 0.2) is 42.4 Å². The maximum Gasteiger partial charge on any atom is 0.330 e. The average Bonchev–Trinajstić information content (AvgIpc) is 2.99. The Morgan fingerprint density at radius 2 is 2.00 bits per heavy atom. The molecule has 32 heavy (non-hydrogen) atoms. The van der Waals surface area contributed by atoms with Crippen LogP contribution in [0.4, 0.5) is 8.78 Å². The Labute approximate surface area is 196 Å². The third-order valence-corrected chi connectivity index (χ3v) is 5.32. The number of halogens is 3. The fraction of sp³-hybridized carbons (Fsp3) is 0.304. The van der Waals surface area contributed by atoms with E-state index in [9.17, 15) is 28.0 Å². The summed E-state index contributed by atoms with van der Waals surface area (Å²) in [7, 11) is 0. The molecule has 1 saturated heterocycles. The van der Waals surface area contributed by atoms with Crippen LogP contribution in [-0.4, -0.2) is 34.4 Å². The number of piperidine rings is 1. The molecule has 0 saturated carbocycles. The van der Waals surface area contributed by atoms with Crippen LogP contribution in [0.1, 0.15) is 54.5 Å². The summed E-state index contributed by atoms with van der Waals surface area (Å²) in [4.78, 5) is 50.0. The summed E-state index contributed by atoms with van der Waals surface area (Å²) >= 11 is 5.69. The summed E-state index contributed by atoms with van der Waals surface area (Å²) in [5, 5.41) is 2.14. The van der Waals surface area contributed by atoms with Crippen molar-refractivity contribution in [2.45, 2.75) is 44.1 Å². The number of hydrogen-bond donors (Lipinski definition) is 1. The van der Waals surface area contributed by atoms with Crippen molar-refractivity contribution in [3.05, 3.63) is 69.7 Å². The van der Waals surface area contributed by atoms with Crippen LogP contribution >= 0.6 is 11.6 Å². The van der Waals surface area contributed by atoms with Gasteiger partial charge in [-0.05, 0) is 42.1 Å². The zero-order valence-electron chi connectivity index (χ0n) is 22.3. The van der Waals surface area contributed by atoms with E-state index in [1.807, 2.05) is 5.32 Å². The SMILES string of the molecule is [2H]c1cc2c(c([2H])c1C([2H])([2H])CC(=O)C(F)(F)c1ccc(Cl)cc1)C([2H])([2H])N(C1CCC(=O)NC1=O)C2=O. The van der Waals surface area contributed by atoms with Gasteiger partial charge in [0.25, 0.3) is 5.91 Å². The molecule has 166 valence electrons. The lowest BCUT2D eigenvalue weighted by molar-refractivity contribution is -0.144. The highest BCUT2D eigenvalue weighted by Gasteiger charge is 2.41. The van der Waals surface area contributed by atoms with E-state index in [2.05, 4.69) is 0 Å². The predicted molar refractivity (Wildman–Crippen MR) is 111 cm³/mol. The summed E-state index contributed by atoms with van der Waals surface area (Å²) in [5.41, 5.74) is -2.75. The van der Waals surface area contributed by atoms with E-state index in [4.69, 9.17) is 19.8 Å². The fourth-order valence-electron chi connectivity index (χ4n) is 3.35. The van der Waals surface area contributed by atoms with Crippen molar-refractivity contribution in [3.8, 4) is 0 Å². The third kappa shape index (κ3) is 4.14. The van der Waals surface area contributed by atoms with Crippen molar-refractivity contribution in [1.82, 2.24) is 10.2 Å². The van der Waals surface area contributed by atoms with E-state index in [0.717, 1.165) is 30.3 Å². The molecule has 1 fully saturated rings. The minimum Gasteiger partial charge on any atom is -0.322 e. The molecule has 4 rings (SSSR count). The van der Waals surface area contributed by atoms with Gasteiger partial charge in [0.1, 0.15) is 6.04 Å². The van der Waals surface area contributed by atoms with Crippen LogP contribution in [0, 0.1) is 0 Å². The summed E-state index contributed by atoms with van der Waals surface area (Å²) in [6, 6.07) is 1.69. The van der Waals surface area contributed by atoms with E-state index < -0.39 is 89.1 Å². The van der Waals surface area contributed by atoms with Crippen LogP contribution in [0.5, 0.6) is 0 Å². The molecule has 2 aliphatic heterocycles. The molecule has 1 N–H and O–H groups in total. The molecule has 2 aliphatic rings. The first-order chi connectivity index (χ1) is 17.5. The van der Waals surface area contributed by atoms with E-state index in [-0.39, 0.29) is 17.9 Å². The summed E-state index contributed by atoms with van der Waals surface area (Å²) in [6.07, 6.45) is -4.88. The Bertz CT molecular complexity index is 1390. The van der Waals surface area contributed by atoms with Gasteiger partial charge in [0.15, 0.2) is 0 Å². The number of ketones is 1. The molecule has 0 spiro atoms. The molecular weight excluding hydrogens is 442 g/mol. The van der Waals surface area contributed by atoms with Crippen LogP contribution in [-0.2, 0) is 33.2 Å². The van der Waals surface area contributed by atoms with Gasteiger partial charge in [0.05, 0.1) is 5.48 Å². The Kier molecular flexibility index (Phi) is 4.12. The minimum absolute atomic E-state index is 0.137. The summed E-state index contributed by atoms with van der Waals surface area (Å²) in [5.74, 6) is -8.59. The molecule has 9 heteroatoms. The number of rotatable bonds is 6. The average molecular weight is 467 g/mol. The second kappa shape index (κ2) is 8.43. The number of fused-ring (bicyclic) bond motifs is 1. The molecule has 0 bridgehead atoms. The first-order valence-corrected chi connectivity index (χ1v) is 9.87. The number of imide groups is 1. The van der Waals surface area contributed by atoms with Gasteiger partial charge in [0.2, 0.25) is 17.6 Å². The highest BCUT2D eigenvalue weighted by Crippen LogP contribution is 2.32. The normalized spacial score (nSPS) is 23.3. The Hall–Kier alpha value is -3.13. The van der Waals surface area contributed by atoms with Gasteiger partial charge in [-0.2, -0.15) is 8.78 Å². The van der Waals surface area contributed by atoms with Crippen molar-refractivity contribution in [2.75, 3.05) is 0 Å². The predicted octanol–water partition coefficient (Wildman–Crippen LogP) is 3.39. The molecule has 2 aromatic carbocycles. The van der Waals surface area contributed by atoms with Crippen LogP contribution in [0.3, 0.4) is 0 Å². The number of nitrogens with one attached hydrogen (secondary N) is 1. The van der Waals surface area contributed by atoms with Crippen molar-refractivity contribution < 1.29 is 36.2 Å². The molecule has 1 atom stereocenters. The van der Waals surface area contributed by atoms with E-state index in [1.54, 1.807) is 0 Å². The first kappa shape index (κ1) is 15.6. The van der Waals surface area contributed by atoms with E-state index in [0.29, 0.717) is 4.90 Å². The molecule has 0 radical (unpaired) electrons. The summed E-state index contributed by atoms with van der Waals surface area (Å²) in [6.45, 7) is -2.85. The number of hydrogen-bond acceptors (Lipinski definition) is 4. The lowest BCUT2D eigenvalue weighted by Gasteiger charge is -2.29. The lowest BCUT2D eigenvalue weighted by atomic mass is 9.97. The largest absolute Gasteiger partial charge is 0.330 e. The molecule has 0 aromatic heterocycles. The number of benzene rings is 2. The number of alkyl halides is 2. The Balaban J connectivity index is 1.72. The smallest absolute Gasteiger partial charge is 0.322 e. The quantitative estimate of drug-likeness (QED) is 0.661. The molecular formula is C23H19ClF2N2O4. The maximum absolute atomic E-state index is 14.8. The van der Waals surface area contributed by atoms with Crippen molar-refractivity contribution in [3.63, 3.8) is 0 Å². The Morgan fingerprint density at radius 3 is 2.69 bits per heavy atom. The van der Waals surface area contributed by atoms with Crippen LogP contribution < -0.4 is 5.32 Å². The molecule has 2 heterocycles. The monoisotopic (exact) mass is 466 g/mol. The van der Waals surface area contributed by atoms with Crippen LogP contribution in [0.2, 0.25) is 5.02 Å². The lowest BCUT2D eigenvalue weighted by Crippen LogP contribution is -2.52. The van der Waals surface area contributed by atoms with E-state index >= 15 is 0 Å². The number of carbonyl (C=O) groups is 4. The molecule has 0 aliphatic carbocycles. The molecule has 3 amide bonds. The highest BCUT2D eigenvalue weighted by atomic mass is 35.5. The van der Waals surface area contributed by atoms with Gasteiger partial charge in [-0.15, -0.1) is 0 Å². The van der Waals surface area contributed by atoms with Gasteiger partial charge in [0, 0.05) is 38.2 Å². The molecule has 6 nitrogen and oxygen atoms in total. The van der Waals surface area contributed by atoms with Gasteiger partial charge in [-0.1, -0.05) is 35.8 Å². The first-order valence-electron chi connectivity index (χ1n) is 12.5. The molecule has 1 unspecified atom stereocenters. The number of carbonyl (C=O) groups excluding carboxylic acids is 4. The zero-order chi connectivity index (χ0) is 28.4. The van der Waals surface area contributed by atoms with Crippen molar-refractivity contribution in [2.24, 2.45) is 0 Å². The zero-order valence-corrected chi connectivity index (χ0v) is 17.1. The summed E-state index contributed by atoms with van der Waals surface area (Å²) < 4.78 is 80.1. The van der Waals surface area contributed by atoms with Crippen LogP contribution in [0.25, 0.3) is 0 Å². The van der Waals surface area contributed by atoms with Gasteiger partial charge >= 0.3 is 5.92 Å². The number of amides is 3. The minimum atomic E-state index is -4.13. The number of Topliss-reactive ketones (excluding diaryl/α,β-unsaturated/α-hetero) is 1. The van der Waals surface area contributed by atoms with Crippen molar-refractivity contribution >= 4 is 35.1 Å². The van der Waals surface area contributed by atoms with Gasteiger partial charge in [-0.3, -0.25) is 24.5 Å². The third-order valence-electron chi connectivity index (χ3n) is 5.07. The standard InChI is InChI=1S/C23H19ClF2N2O4/c24-16-5-3-15(4-6-16)23(25,26)19(29)9-2-13-1-7-17-14(11-13)12-28(22(17)32)18-8-10-20(30)27-21(18)31/h1,3-7,11,18H,2,8-10,12H2,(H,27,30,31)/i1D,2D2,11D,12D2. The molecule has 2 aromatic rings. The topological polar surface area (TPSA) is 83.6 Å². The number of nitrogens with zero attached hydrogens (tertiary/aromatic N) is 1. The second-order valence-corrected chi connectivity index (χ2v) is 7.63.